The molecule has 3 rings (SSSR count). The molecular formula is C21H20N4O4. The van der Waals surface area contributed by atoms with Crippen LogP contribution in [0.1, 0.15) is 16.1 Å². The Morgan fingerprint density at radius 1 is 1.03 bits per heavy atom. The van der Waals surface area contributed by atoms with Crippen LogP contribution < -0.4 is 20.9 Å². The van der Waals surface area contributed by atoms with Gasteiger partial charge >= 0.3 is 0 Å². The number of aryl methyl sites for hydroxylation is 1. The molecule has 0 saturated heterocycles. The van der Waals surface area contributed by atoms with Crippen LogP contribution in [0.25, 0.3) is 0 Å². The Morgan fingerprint density at radius 3 is 2.52 bits per heavy atom. The van der Waals surface area contributed by atoms with Gasteiger partial charge in [-0.05, 0) is 42.8 Å². The average molecular weight is 392 g/mol. The maximum Gasteiger partial charge on any atom is 0.276 e. The molecule has 0 aliphatic heterocycles. The number of carbonyl (C=O) groups excluding carboxylic acids is 2. The molecule has 0 saturated carbocycles. The molecule has 0 radical (unpaired) electrons. The molecule has 2 amide bonds. The van der Waals surface area contributed by atoms with Gasteiger partial charge in [0, 0.05) is 11.8 Å². The van der Waals surface area contributed by atoms with Crippen LogP contribution in [0.5, 0.6) is 5.75 Å². The van der Waals surface area contributed by atoms with Crippen LogP contribution in [0.2, 0.25) is 0 Å². The Labute approximate surface area is 167 Å². The number of nitrogens with one attached hydrogen (secondary N) is 2. The first kappa shape index (κ1) is 19.8. The molecule has 0 aliphatic rings. The number of anilines is 2. The Balaban J connectivity index is 1.75. The standard InChI is InChI=1S/C21H20N4O4/c1-14-8-10-18(29-2)17(12-14)23-19(26)13-25-20(27)11-9-16(24-25)21(28)22-15-6-4-3-5-7-15/h3-12H,13H2,1-2H3,(H,22,28)(H,23,26). The molecule has 0 aliphatic carbocycles. The minimum Gasteiger partial charge on any atom is -0.495 e. The minimum absolute atomic E-state index is 0.0226. The zero-order valence-electron chi connectivity index (χ0n) is 16.0. The number of hydrogen-bond acceptors (Lipinski definition) is 5. The number of carbonyl (C=O) groups is 2. The van der Waals surface area contributed by atoms with Crippen molar-refractivity contribution in [3.8, 4) is 5.75 Å². The summed E-state index contributed by atoms with van der Waals surface area (Å²) in [6, 6.07) is 16.7. The summed E-state index contributed by atoms with van der Waals surface area (Å²) < 4.78 is 6.17. The van der Waals surface area contributed by atoms with Crippen LogP contribution in [0, 0.1) is 6.92 Å². The number of para-hydroxylation sites is 1. The first-order chi connectivity index (χ1) is 14.0. The van der Waals surface area contributed by atoms with Crippen LogP contribution in [0.3, 0.4) is 0 Å². The van der Waals surface area contributed by atoms with Gasteiger partial charge < -0.3 is 15.4 Å². The van der Waals surface area contributed by atoms with E-state index in [0.29, 0.717) is 17.1 Å². The lowest BCUT2D eigenvalue weighted by molar-refractivity contribution is -0.117. The van der Waals surface area contributed by atoms with Crippen molar-refractivity contribution in [2.24, 2.45) is 0 Å². The molecule has 0 spiro atoms. The Bertz CT molecular complexity index is 1090. The number of rotatable bonds is 6. The molecular weight excluding hydrogens is 372 g/mol. The summed E-state index contributed by atoms with van der Waals surface area (Å²) in [5, 5.41) is 9.40. The summed E-state index contributed by atoms with van der Waals surface area (Å²) in [5.41, 5.74) is 1.56. The molecule has 0 bridgehead atoms. The van der Waals surface area contributed by atoms with Gasteiger partial charge in [-0.2, -0.15) is 5.10 Å². The molecule has 29 heavy (non-hydrogen) atoms. The van der Waals surface area contributed by atoms with Crippen molar-refractivity contribution in [1.29, 1.82) is 0 Å². The molecule has 148 valence electrons. The Hall–Kier alpha value is -3.94. The molecule has 0 fully saturated rings. The zero-order valence-corrected chi connectivity index (χ0v) is 16.0. The number of hydrogen-bond donors (Lipinski definition) is 2. The highest BCUT2D eigenvalue weighted by atomic mass is 16.5. The second kappa shape index (κ2) is 8.83. The van der Waals surface area contributed by atoms with Crippen molar-refractivity contribution in [1.82, 2.24) is 9.78 Å². The summed E-state index contributed by atoms with van der Waals surface area (Å²) in [6.45, 7) is 1.54. The lowest BCUT2D eigenvalue weighted by atomic mass is 10.2. The topological polar surface area (TPSA) is 102 Å². The van der Waals surface area contributed by atoms with Crippen molar-refractivity contribution in [3.63, 3.8) is 0 Å². The number of nitrogens with zero attached hydrogens (tertiary/aromatic N) is 2. The molecule has 3 aromatic rings. The van der Waals surface area contributed by atoms with Gasteiger partial charge in [0.15, 0.2) is 0 Å². The molecule has 0 atom stereocenters. The summed E-state index contributed by atoms with van der Waals surface area (Å²) in [7, 11) is 1.50. The van der Waals surface area contributed by atoms with Gasteiger partial charge in [-0.25, -0.2) is 4.68 Å². The third-order valence-corrected chi connectivity index (χ3v) is 4.05. The van der Waals surface area contributed by atoms with Gasteiger partial charge in [0.1, 0.15) is 18.0 Å². The highest BCUT2D eigenvalue weighted by Crippen LogP contribution is 2.25. The van der Waals surface area contributed by atoms with E-state index in [-0.39, 0.29) is 12.2 Å². The van der Waals surface area contributed by atoms with Crippen molar-refractivity contribution in [3.05, 3.63) is 82.3 Å². The Morgan fingerprint density at radius 2 is 1.79 bits per heavy atom. The van der Waals surface area contributed by atoms with Gasteiger partial charge in [0.05, 0.1) is 12.8 Å². The summed E-state index contributed by atoms with van der Waals surface area (Å²) >= 11 is 0. The summed E-state index contributed by atoms with van der Waals surface area (Å²) in [4.78, 5) is 36.9. The van der Waals surface area contributed by atoms with Crippen LogP contribution in [-0.2, 0) is 11.3 Å². The Kier molecular flexibility index (Phi) is 6.03. The van der Waals surface area contributed by atoms with E-state index < -0.39 is 17.4 Å². The number of aromatic nitrogens is 2. The van der Waals surface area contributed by atoms with E-state index in [2.05, 4.69) is 15.7 Å². The van der Waals surface area contributed by atoms with Gasteiger partial charge in [0.25, 0.3) is 11.5 Å². The number of ether oxygens (including phenoxy) is 1. The SMILES string of the molecule is COc1ccc(C)cc1NC(=O)Cn1nc(C(=O)Nc2ccccc2)ccc1=O. The quantitative estimate of drug-likeness (QED) is 0.671. The van der Waals surface area contributed by atoms with Gasteiger partial charge in [0.2, 0.25) is 5.91 Å². The van der Waals surface area contributed by atoms with Crippen LogP contribution in [0.4, 0.5) is 11.4 Å². The molecule has 2 N–H and O–H groups in total. The molecule has 2 aromatic carbocycles. The first-order valence-electron chi connectivity index (χ1n) is 8.85. The summed E-state index contributed by atoms with van der Waals surface area (Å²) in [5.74, 6) is -0.449. The van der Waals surface area contributed by atoms with E-state index in [1.807, 2.05) is 19.1 Å². The number of amides is 2. The lowest BCUT2D eigenvalue weighted by Crippen LogP contribution is -2.31. The summed E-state index contributed by atoms with van der Waals surface area (Å²) in [6.07, 6.45) is 0. The predicted molar refractivity (Wildman–Crippen MR) is 109 cm³/mol. The first-order valence-corrected chi connectivity index (χ1v) is 8.85. The van der Waals surface area contributed by atoms with Crippen molar-refractivity contribution < 1.29 is 14.3 Å². The maximum absolute atomic E-state index is 12.4. The fourth-order valence-corrected chi connectivity index (χ4v) is 2.65. The second-order valence-electron chi connectivity index (χ2n) is 6.29. The van der Waals surface area contributed by atoms with E-state index in [1.54, 1.807) is 36.4 Å². The third-order valence-electron chi connectivity index (χ3n) is 4.05. The van der Waals surface area contributed by atoms with Gasteiger partial charge in [-0.1, -0.05) is 24.3 Å². The van der Waals surface area contributed by atoms with Crippen LogP contribution >= 0.6 is 0 Å². The van der Waals surface area contributed by atoms with E-state index >= 15 is 0 Å². The van der Waals surface area contributed by atoms with Crippen LogP contribution in [0.15, 0.2) is 65.5 Å². The van der Waals surface area contributed by atoms with Gasteiger partial charge in [-0.3, -0.25) is 14.4 Å². The van der Waals surface area contributed by atoms with E-state index in [4.69, 9.17) is 4.74 Å². The molecule has 8 nitrogen and oxygen atoms in total. The molecule has 1 aromatic heterocycles. The van der Waals surface area contributed by atoms with Crippen molar-refractivity contribution in [2.75, 3.05) is 17.7 Å². The van der Waals surface area contributed by atoms with Crippen molar-refractivity contribution in [2.45, 2.75) is 13.5 Å². The van der Waals surface area contributed by atoms with Crippen molar-refractivity contribution >= 4 is 23.2 Å². The van der Waals surface area contributed by atoms with E-state index in [9.17, 15) is 14.4 Å². The fourth-order valence-electron chi connectivity index (χ4n) is 2.65. The smallest absolute Gasteiger partial charge is 0.276 e. The maximum atomic E-state index is 12.4. The number of benzene rings is 2. The molecule has 8 heteroatoms. The largest absolute Gasteiger partial charge is 0.495 e. The van der Waals surface area contributed by atoms with Gasteiger partial charge in [-0.15, -0.1) is 0 Å². The predicted octanol–water partition coefficient (Wildman–Crippen LogP) is 2.45. The highest BCUT2D eigenvalue weighted by molar-refractivity contribution is 6.02. The minimum atomic E-state index is -0.493. The van der Waals surface area contributed by atoms with E-state index in [0.717, 1.165) is 10.2 Å². The monoisotopic (exact) mass is 392 g/mol. The molecule has 0 unspecified atom stereocenters. The third kappa shape index (κ3) is 5.07. The second-order valence-corrected chi connectivity index (χ2v) is 6.29. The average Bonchev–Trinajstić information content (AvgIpc) is 2.70. The lowest BCUT2D eigenvalue weighted by Gasteiger charge is -2.12. The van der Waals surface area contributed by atoms with E-state index in [1.165, 1.54) is 19.2 Å². The number of methoxy groups -OCH3 is 1. The normalized spacial score (nSPS) is 10.3. The zero-order chi connectivity index (χ0) is 20.8. The van der Waals surface area contributed by atoms with Crippen LogP contribution in [-0.4, -0.2) is 28.7 Å². The molecule has 1 heterocycles. The fraction of sp³-hybridized carbons (Fsp3) is 0.143. The highest BCUT2D eigenvalue weighted by Gasteiger charge is 2.13.